The van der Waals surface area contributed by atoms with Crippen molar-refractivity contribution < 1.29 is 13.9 Å². The maximum atomic E-state index is 13.2. The molecule has 100 valence electrons. The zero-order valence-corrected chi connectivity index (χ0v) is 12.2. The number of Topliss-reactive ketones (excluding diaryl/α,β-unsaturated/α-hetero) is 1. The Labute approximate surface area is 123 Å². The van der Waals surface area contributed by atoms with Crippen molar-refractivity contribution in [3.8, 4) is 5.75 Å². The van der Waals surface area contributed by atoms with Gasteiger partial charge in [-0.1, -0.05) is 23.2 Å². The van der Waals surface area contributed by atoms with Crippen LogP contribution in [-0.2, 0) is 0 Å². The van der Waals surface area contributed by atoms with Crippen LogP contribution in [0.4, 0.5) is 4.39 Å². The Balaban J connectivity index is 2.10. The number of hydrogen-bond acceptors (Lipinski definition) is 3. The van der Waals surface area contributed by atoms with Gasteiger partial charge in [0, 0.05) is 6.07 Å². The quantitative estimate of drug-likeness (QED) is 0.754. The average Bonchev–Trinajstić information content (AvgIpc) is 2.79. The highest BCUT2D eigenvalue weighted by Gasteiger charge is 2.19. The van der Waals surface area contributed by atoms with Gasteiger partial charge in [-0.2, -0.15) is 0 Å². The summed E-state index contributed by atoms with van der Waals surface area (Å²) in [5.41, 5.74) is 0. The molecule has 2 nitrogen and oxygen atoms in total. The maximum absolute atomic E-state index is 13.2. The van der Waals surface area contributed by atoms with Crippen molar-refractivity contribution in [3.63, 3.8) is 0 Å². The van der Waals surface area contributed by atoms with E-state index in [2.05, 4.69) is 0 Å². The Morgan fingerprint density at radius 1 is 1.32 bits per heavy atom. The lowest BCUT2D eigenvalue weighted by Crippen LogP contribution is -2.23. The zero-order chi connectivity index (χ0) is 14.0. The largest absolute Gasteiger partial charge is 0.482 e. The van der Waals surface area contributed by atoms with E-state index in [9.17, 15) is 9.18 Å². The molecule has 2 aromatic rings. The molecule has 6 heteroatoms. The first-order chi connectivity index (χ1) is 8.97. The van der Waals surface area contributed by atoms with Crippen LogP contribution in [-0.4, -0.2) is 11.9 Å². The van der Waals surface area contributed by atoms with Gasteiger partial charge in [0.1, 0.15) is 11.6 Å². The van der Waals surface area contributed by atoms with Gasteiger partial charge in [0.05, 0.1) is 14.2 Å². The highest BCUT2D eigenvalue weighted by atomic mass is 35.5. The summed E-state index contributed by atoms with van der Waals surface area (Å²) < 4.78 is 19.2. The lowest BCUT2D eigenvalue weighted by atomic mass is 10.2. The lowest BCUT2D eigenvalue weighted by molar-refractivity contribution is 0.0822. The van der Waals surface area contributed by atoms with E-state index in [1.807, 2.05) is 0 Å². The van der Waals surface area contributed by atoms with Gasteiger partial charge in [0.2, 0.25) is 5.78 Å². The van der Waals surface area contributed by atoms with Crippen molar-refractivity contribution in [2.45, 2.75) is 13.0 Å². The molecule has 1 atom stereocenters. The molecule has 0 aliphatic heterocycles. The van der Waals surface area contributed by atoms with E-state index in [0.29, 0.717) is 9.21 Å². The number of halogens is 3. The van der Waals surface area contributed by atoms with E-state index in [-0.39, 0.29) is 16.6 Å². The van der Waals surface area contributed by atoms with Crippen LogP contribution in [0, 0.1) is 5.82 Å². The number of ether oxygens (including phenoxy) is 1. The summed E-state index contributed by atoms with van der Waals surface area (Å²) in [6, 6.07) is 7.32. The summed E-state index contributed by atoms with van der Waals surface area (Å²) in [5.74, 6) is -0.532. The molecule has 0 bridgehead atoms. The van der Waals surface area contributed by atoms with Crippen molar-refractivity contribution in [1.29, 1.82) is 0 Å². The second-order valence-electron chi connectivity index (χ2n) is 3.80. The van der Waals surface area contributed by atoms with Gasteiger partial charge in [0.15, 0.2) is 6.10 Å². The highest BCUT2D eigenvalue weighted by Crippen LogP contribution is 2.25. The number of thiophene rings is 1. The summed E-state index contributed by atoms with van der Waals surface area (Å²) in [4.78, 5) is 12.5. The second-order valence-corrected chi connectivity index (χ2v) is 5.93. The van der Waals surface area contributed by atoms with Crippen molar-refractivity contribution in [1.82, 2.24) is 0 Å². The summed E-state index contributed by atoms with van der Waals surface area (Å²) in [6.45, 7) is 1.60. The molecule has 1 aromatic heterocycles. The summed E-state index contributed by atoms with van der Waals surface area (Å²) in [5, 5.41) is 0.0105. The fourth-order valence-electron chi connectivity index (χ4n) is 1.45. The number of rotatable bonds is 4. The topological polar surface area (TPSA) is 26.3 Å². The Kier molecular flexibility index (Phi) is 4.45. The highest BCUT2D eigenvalue weighted by molar-refractivity contribution is 7.18. The number of carbonyl (C=O) groups is 1. The number of hydrogen-bond donors (Lipinski definition) is 0. The smallest absolute Gasteiger partial charge is 0.212 e. The van der Waals surface area contributed by atoms with E-state index >= 15 is 0 Å². The third-order valence-electron chi connectivity index (χ3n) is 2.39. The van der Waals surface area contributed by atoms with Gasteiger partial charge in [-0.15, -0.1) is 11.3 Å². The van der Waals surface area contributed by atoms with Gasteiger partial charge >= 0.3 is 0 Å². The van der Waals surface area contributed by atoms with Crippen LogP contribution in [0.5, 0.6) is 5.75 Å². The minimum atomic E-state index is -0.727. The van der Waals surface area contributed by atoms with Crippen LogP contribution in [0.25, 0.3) is 0 Å². The van der Waals surface area contributed by atoms with Crippen molar-refractivity contribution in [2.75, 3.05) is 0 Å². The molecule has 0 saturated carbocycles. The van der Waals surface area contributed by atoms with Gasteiger partial charge in [-0.25, -0.2) is 4.39 Å². The summed E-state index contributed by atoms with van der Waals surface area (Å²) in [7, 11) is 0. The van der Waals surface area contributed by atoms with Crippen molar-refractivity contribution in [3.05, 3.63) is 50.4 Å². The van der Waals surface area contributed by atoms with Crippen molar-refractivity contribution >= 4 is 40.3 Å². The number of ketones is 1. The van der Waals surface area contributed by atoms with Crippen LogP contribution in [0.3, 0.4) is 0 Å². The molecule has 1 heterocycles. The van der Waals surface area contributed by atoms with E-state index in [0.717, 1.165) is 6.07 Å². The fraction of sp³-hybridized carbons (Fsp3) is 0.154. The van der Waals surface area contributed by atoms with E-state index in [4.69, 9.17) is 27.9 Å². The van der Waals surface area contributed by atoms with E-state index < -0.39 is 11.9 Å². The van der Waals surface area contributed by atoms with Crippen molar-refractivity contribution in [2.24, 2.45) is 0 Å². The molecule has 0 aliphatic rings. The van der Waals surface area contributed by atoms with Gasteiger partial charge in [-0.05, 0) is 31.2 Å². The van der Waals surface area contributed by atoms with Gasteiger partial charge < -0.3 is 4.74 Å². The van der Waals surface area contributed by atoms with Crippen LogP contribution in [0.15, 0.2) is 30.3 Å². The normalized spacial score (nSPS) is 12.2. The minimum Gasteiger partial charge on any atom is -0.482 e. The zero-order valence-electron chi connectivity index (χ0n) is 9.82. The predicted octanol–water partition coefficient (Wildman–Crippen LogP) is 4.84. The first-order valence-electron chi connectivity index (χ1n) is 5.38. The van der Waals surface area contributed by atoms with Crippen LogP contribution in [0.1, 0.15) is 16.6 Å². The molecule has 0 radical (unpaired) electrons. The molecule has 1 unspecified atom stereocenters. The van der Waals surface area contributed by atoms with Gasteiger partial charge in [0.25, 0.3) is 0 Å². The number of benzene rings is 1. The standard InChI is InChI=1S/C13H9Cl2FO2S/c1-7(13(17)11-4-5-12(15)19-11)18-8-2-3-9(14)10(16)6-8/h2-7H,1H3. The molecule has 2 rings (SSSR count). The molecule has 0 saturated heterocycles. The molecule has 0 spiro atoms. The Morgan fingerprint density at radius 2 is 2.05 bits per heavy atom. The predicted molar refractivity (Wildman–Crippen MR) is 75.2 cm³/mol. The third kappa shape index (κ3) is 3.47. The number of carbonyl (C=O) groups excluding carboxylic acids is 1. The first-order valence-corrected chi connectivity index (χ1v) is 6.96. The van der Waals surface area contributed by atoms with Crippen LogP contribution < -0.4 is 4.74 Å². The molecule has 19 heavy (non-hydrogen) atoms. The fourth-order valence-corrected chi connectivity index (χ4v) is 2.63. The average molecular weight is 319 g/mol. The first kappa shape index (κ1) is 14.3. The molecule has 0 amide bonds. The lowest BCUT2D eigenvalue weighted by Gasteiger charge is -2.13. The second kappa shape index (κ2) is 5.90. The van der Waals surface area contributed by atoms with Crippen LogP contribution in [0.2, 0.25) is 9.36 Å². The van der Waals surface area contributed by atoms with Crippen LogP contribution >= 0.6 is 34.5 Å². The molecule has 0 aliphatic carbocycles. The SMILES string of the molecule is CC(Oc1ccc(Cl)c(F)c1)C(=O)c1ccc(Cl)s1. The van der Waals surface area contributed by atoms with Gasteiger partial charge in [-0.3, -0.25) is 4.79 Å². The molecule has 0 fully saturated rings. The molecule has 1 aromatic carbocycles. The molecular formula is C13H9Cl2FO2S. The summed E-state index contributed by atoms with van der Waals surface area (Å²) >= 11 is 12.5. The molecule has 0 N–H and O–H groups in total. The maximum Gasteiger partial charge on any atom is 0.212 e. The third-order valence-corrected chi connectivity index (χ3v) is 3.94. The Hall–Kier alpha value is -1.10. The Bertz CT molecular complexity index is 612. The molecular weight excluding hydrogens is 310 g/mol. The Morgan fingerprint density at radius 3 is 2.63 bits per heavy atom. The van der Waals surface area contributed by atoms with E-state index in [1.165, 1.54) is 23.5 Å². The minimum absolute atomic E-state index is 0.0105. The summed E-state index contributed by atoms with van der Waals surface area (Å²) in [6.07, 6.45) is -0.727. The monoisotopic (exact) mass is 318 g/mol. The van der Waals surface area contributed by atoms with E-state index in [1.54, 1.807) is 19.1 Å².